The Balaban J connectivity index is 0. The molecule has 0 rings (SSSR count). The molecule has 0 saturated heterocycles. The van der Waals surface area contributed by atoms with Crippen molar-refractivity contribution < 1.29 is 13.3 Å². The highest BCUT2D eigenvalue weighted by Crippen LogP contribution is 2.17. The lowest BCUT2D eigenvalue weighted by Gasteiger charge is -2.28. The molecule has 2 N–H and O–H groups in total. The van der Waals surface area contributed by atoms with Crippen molar-refractivity contribution >= 4 is 8.80 Å². The maximum absolute atomic E-state index is 5.65. The number of hydrogen-bond acceptors (Lipinski definition) is 4. The Bertz CT molecular complexity index is 161. The van der Waals surface area contributed by atoms with Crippen LogP contribution in [0.5, 0.6) is 0 Å². The minimum atomic E-state index is -2.40. The van der Waals surface area contributed by atoms with E-state index < -0.39 is 8.80 Å². The lowest BCUT2D eigenvalue weighted by molar-refractivity contribution is 0.0710. The second kappa shape index (κ2) is 17.1. The van der Waals surface area contributed by atoms with Crippen LogP contribution in [0.2, 0.25) is 6.04 Å². The van der Waals surface area contributed by atoms with Gasteiger partial charge in [0, 0.05) is 25.9 Å². The van der Waals surface area contributed by atoms with Crippen LogP contribution in [-0.2, 0) is 13.3 Å². The Morgan fingerprint density at radius 2 is 1.10 bits per heavy atom. The molecule has 0 amide bonds. The molecule has 0 saturated carbocycles. The van der Waals surface area contributed by atoms with E-state index in [0.717, 1.165) is 12.5 Å². The first kappa shape index (κ1) is 22.3. The van der Waals surface area contributed by atoms with Crippen LogP contribution in [-0.4, -0.2) is 35.2 Å². The first-order chi connectivity index (χ1) is 9.66. The Morgan fingerprint density at radius 1 is 0.700 bits per heavy atom. The molecule has 0 bridgehead atoms. The molecule has 124 valence electrons. The summed E-state index contributed by atoms with van der Waals surface area (Å²) in [7, 11) is -2.40. The molecule has 0 atom stereocenters. The van der Waals surface area contributed by atoms with E-state index in [4.69, 9.17) is 19.0 Å². The summed E-state index contributed by atoms with van der Waals surface area (Å²) in [4.78, 5) is 0. The van der Waals surface area contributed by atoms with Crippen molar-refractivity contribution in [1.82, 2.24) is 0 Å². The molecule has 5 heteroatoms. The van der Waals surface area contributed by atoms with Crippen molar-refractivity contribution in [3.05, 3.63) is 0 Å². The molecule has 0 radical (unpaired) electrons. The summed E-state index contributed by atoms with van der Waals surface area (Å²) in [5.41, 5.74) is 5.48. The molecular formula is C15H37NO3Si. The molecule has 0 aromatic rings. The van der Waals surface area contributed by atoms with Crippen LogP contribution in [0.1, 0.15) is 66.7 Å². The van der Waals surface area contributed by atoms with Crippen LogP contribution >= 0.6 is 0 Å². The molecule has 0 aromatic carbocycles. The maximum Gasteiger partial charge on any atom is 0.500 e. The molecule has 0 aliphatic rings. The third kappa shape index (κ3) is 13.1. The van der Waals surface area contributed by atoms with Gasteiger partial charge in [0.2, 0.25) is 0 Å². The Labute approximate surface area is 127 Å². The van der Waals surface area contributed by atoms with Gasteiger partial charge in [-0.25, -0.2) is 0 Å². The third-order valence-corrected chi connectivity index (χ3v) is 5.89. The van der Waals surface area contributed by atoms with Crippen LogP contribution in [0.15, 0.2) is 0 Å². The topological polar surface area (TPSA) is 53.7 Å². The van der Waals surface area contributed by atoms with E-state index in [2.05, 4.69) is 13.8 Å². The van der Waals surface area contributed by atoms with E-state index in [1.165, 1.54) is 25.7 Å². The molecule has 0 heterocycles. The number of nitrogens with two attached hydrogens (primary N) is 1. The summed E-state index contributed by atoms with van der Waals surface area (Å²) in [6, 6.07) is 0.818. The average Bonchev–Trinajstić information content (AvgIpc) is 2.44. The number of unbranched alkanes of at least 4 members (excludes halogenated alkanes) is 3. The molecule has 0 spiro atoms. The summed E-state index contributed by atoms with van der Waals surface area (Å²) >= 11 is 0. The molecule has 0 aliphatic heterocycles. The summed E-state index contributed by atoms with van der Waals surface area (Å²) in [5, 5.41) is 0. The Morgan fingerprint density at radius 3 is 1.35 bits per heavy atom. The summed E-state index contributed by atoms with van der Waals surface area (Å²) < 4.78 is 17.0. The number of hydrogen-bond donors (Lipinski definition) is 1. The third-order valence-electron chi connectivity index (χ3n) is 2.74. The molecule has 0 unspecified atom stereocenters. The van der Waals surface area contributed by atoms with Crippen LogP contribution in [0.3, 0.4) is 0 Å². The molecule has 0 aliphatic carbocycles. The zero-order valence-corrected chi connectivity index (χ0v) is 15.4. The molecular weight excluding hydrogens is 270 g/mol. The van der Waals surface area contributed by atoms with Crippen molar-refractivity contribution in [2.75, 3.05) is 26.4 Å². The lowest BCUT2D eigenvalue weighted by Crippen LogP contribution is -2.46. The van der Waals surface area contributed by atoms with Gasteiger partial charge in [0.1, 0.15) is 0 Å². The fourth-order valence-corrected chi connectivity index (χ4v) is 4.46. The summed E-state index contributed by atoms with van der Waals surface area (Å²) in [5.74, 6) is 0. The van der Waals surface area contributed by atoms with Gasteiger partial charge in [0.05, 0.1) is 0 Å². The molecule has 0 aromatic heterocycles. The zero-order chi connectivity index (χ0) is 15.7. The van der Waals surface area contributed by atoms with Crippen LogP contribution < -0.4 is 5.73 Å². The van der Waals surface area contributed by atoms with Gasteiger partial charge in [-0.2, -0.15) is 0 Å². The normalized spacial score (nSPS) is 11.1. The Kier molecular flexibility index (Phi) is 19.1. The van der Waals surface area contributed by atoms with E-state index in [0.29, 0.717) is 26.4 Å². The fraction of sp³-hybridized carbons (Fsp3) is 1.00. The predicted molar refractivity (Wildman–Crippen MR) is 88.9 cm³/mol. The van der Waals surface area contributed by atoms with Crippen molar-refractivity contribution in [3.8, 4) is 0 Å². The minimum Gasteiger partial charge on any atom is -0.374 e. The van der Waals surface area contributed by atoms with Crippen molar-refractivity contribution in [3.63, 3.8) is 0 Å². The van der Waals surface area contributed by atoms with Gasteiger partial charge in [-0.1, -0.05) is 39.5 Å². The molecule has 0 fully saturated rings. The molecule has 20 heavy (non-hydrogen) atoms. The average molecular weight is 308 g/mol. The van der Waals surface area contributed by atoms with Gasteiger partial charge in [-0.3, -0.25) is 0 Å². The van der Waals surface area contributed by atoms with Gasteiger partial charge in [0.25, 0.3) is 0 Å². The smallest absolute Gasteiger partial charge is 0.374 e. The van der Waals surface area contributed by atoms with Gasteiger partial charge in [0.15, 0.2) is 0 Å². The van der Waals surface area contributed by atoms with Crippen LogP contribution in [0.4, 0.5) is 0 Å². The molecule has 4 nitrogen and oxygen atoms in total. The second-order valence-electron chi connectivity index (χ2n) is 4.58. The van der Waals surface area contributed by atoms with Gasteiger partial charge >= 0.3 is 8.80 Å². The SMILES string of the molecule is CCCCCC.CCO[Si](CCCN)(OCC)OCC. The lowest BCUT2D eigenvalue weighted by atomic mass is 10.2. The quantitative estimate of drug-likeness (QED) is 0.438. The van der Waals surface area contributed by atoms with Gasteiger partial charge in [-0.15, -0.1) is 0 Å². The van der Waals surface area contributed by atoms with Gasteiger partial charge in [-0.05, 0) is 33.7 Å². The second-order valence-corrected chi connectivity index (χ2v) is 7.31. The van der Waals surface area contributed by atoms with Gasteiger partial charge < -0.3 is 19.0 Å². The van der Waals surface area contributed by atoms with E-state index in [9.17, 15) is 0 Å². The highest BCUT2D eigenvalue weighted by atomic mass is 28.4. The summed E-state index contributed by atoms with van der Waals surface area (Å²) in [6.45, 7) is 12.9. The number of rotatable bonds is 12. The highest BCUT2D eigenvalue weighted by Gasteiger charge is 2.39. The standard InChI is InChI=1S/C9H23NO3Si.C6H14/c1-4-11-14(12-5-2,13-6-3)9-7-8-10;1-3-5-6-4-2/h4-10H2,1-3H3;3-6H2,1-2H3. The monoisotopic (exact) mass is 307 g/mol. The highest BCUT2D eigenvalue weighted by molar-refractivity contribution is 6.60. The van der Waals surface area contributed by atoms with Crippen molar-refractivity contribution in [2.24, 2.45) is 5.73 Å². The summed E-state index contributed by atoms with van der Waals surface area (Å²) in [6.07, 6.45) is 6.43. The predicted octanol–water partition coefficient (Wildman–Crippen LogP) is 3.97. The van der Waals surface area contributed by atoms with E-state index in [1.807, 2.05) is 20.8 Å². The minimum absolute atomic E-state index is 0.636. The first-order valence-electron chi connectivity index (χ1n) is 8.28. The zero-order valence-electron chi connectivity index (χ0n) is 14.4. The fourth-order valence-electron chi connectivity index (χ4n) is 1.82. The van der Waals surface area contributed by atoms with Crippen LogP contribution in [0.25, 0.3) is 0 Å². The van der Waals surface area contributed by atoms with E-state index >= 15 is 0 Å². The largest absolute Gasteiger partial charge is 0.500 e. The van der Waals surface area contributed by atoms with Crippen molar-refractivity contribution in [1.29, 1.82) is 0 Å². The van der Waals surface area contributed by atoms with Crippen molar-refractivity contribution in [2.45, 2.75) is 72.8 Å². The van der Waals surface area contributed by atoms with E-state index in [1.54, 1.807) is 0 Å². The van der Waals surface area contributed by atoms with Crippen LogP contribution in [0, 0.1) is 0 Å². The van der Waals surface area contributed by atoms with E-state index in [-0.39, 0.29) is 0 Å². The Hall–Kier alpha value is 0.0569. The maximum atomic E-state index is 5.65. The first-order valence-corrected chi connectivity index (χ1v) is 10.2.